The summed E-state index contributed by atoms with van der Waals surface area (Å²) in [6, 6.07) is 4.70. The summed E-state index contributed by atoms with van der Waals surface area (Å²) in [5.41, 5.74) is -0.993. The minimum absolute atomic E-state index is 0.0503. The molecular formula is C18H10Cl2N8O3. The van der Waals surface area contributed by atoms with E-state index in [2.05, 4.69) is 20.1 Å². The number of nitrogens with zero attached hydrogens (tertiary/aromatic N) is 7. The van der Waals surface area contributed by atoms with Crippen LogP contribution in [-0.4, -0.2) is 34.3 Å². The van der Waals surface area contributed by atoms with Gasteiger partial charge in [-0.2, -0.15) is 14.9 Å². The first-order valence-electron chi connectivity index (χ1n) is 8.95. The molecule has 13 heteroatoms. The molecule has 11 nitrogen and oxygen atoms in total. The van der Waals surface area contributed by atoms with Crippen LogP contribution in [0.4, 0.5) is 0 Å². The number of hydrogen-bond acceptors (Lipinski definition) is 8. The Labute approximate surface area is 182 Å². The second-order valence-corrected chi connectivity index (χ2v) is 7.52. The fraction of sp³-hybridized carbons (Fsp3) is 0.167. The molecule has 3 heterocycles. The van der Waals surface area contributed by atoms with Gasteiger partial charge in [-0.15, -0.1) is 5.10 Å². The number of imidazole rings is 1. The highest BCUT2D eigenvalue weighted by Gasteiger charge is 2.27. The molecule has 0 saturated heterocycles. The summed E-state index contributed by atoms with van der Waals surface area (Å²) in [6.07, 6.45) is 5.19. The van der Waals surface area contributed by atoms with Gasteiger partial charge in [0, 0.05) is 6.04 Å². The van der Waals surface area contributed by atoms with Crippen molar-refractivity contribution in [2.45, 2.75) is 18.9 Å². The van der Waals surface area contributed by atoms with Crippen LogP contribution < -0.4 is 16.0 Å². The second kappa shape index (κ2) is 7.19. The number of hydrogen-bond donors (Lipinski definition) is 1. The standard InChI is InChI=1S/C18H10Cl2N8O3/c19-10-3-9(28-18(30)25-16(29)12(5-21)26-28)4-11(20)14(10)31-17-13-15(22-6-23-17)27(7-24-13)8-1-2-8/h3-4,6-8H,1-2H2,(H,25,29,30). The lowest BCUT2D eigenvalue weighted by Crippen LogP contribution is -2.33. The summed E-state index contributed by atoms with van der Waals surface area (Å²) in [6.45, 7) is 0. The van der Waals surface area contributed by atoms with Gasteiger partial charge in [0.1, 0.15) is 12.4 Å². The topological polar surface area (TPSA) is 144 Å². The zero-order valence-electron chi connectivity index (χ0n) is 15.4. The molecule has 0 unspecified atom stereocenters. The van der Waals surface area contributed by atoms with Crippen LogP contribution in [0, 0.1) is 11.3 Å². The van der Waals surface area contributed by atoms with Gasteiger partial charge in [-0.3, -0.25) is 9.78 Å². The van der Waals surface area contributed by atoms with Gasteiger partial charge in [0.05, 0.1) is 22.1 Å². The number of nitriles is 1. The van der Waals surface area contributed by atoms with E-state index in [4.69, 9.17) is 33.2 Å². The smallest absolute Gasteiger partial charge is 0.349 e. The van der Waals surface area contributed by atoms with E-state index in [-0.39, 0.29) is 27.4 Å². The number of aromatic nitrogens is 7. The highest BCUT2D eigenvalue weighted by atomic mass is 35.5. The molecule has 0 aliphatic heterocycles. The molecular weight excluding hydrogens is 447 g/mol. The summed E-state index contributed by atoms with van der Waals surface area (Å²) >= 11 is 12.7. The predicted octanol–water partition coefficient (Wildman–Crippen LogP) is 2.37. The molecule has 1 fully saturated rings. The number of H-pyrrole nitrogens is 1. The Balaban J connectivity index is 1.56. The van der Waals surface area contributed by atoms with Gasteiger partial charge in [0.2, 0.25) is 5.69 Å². The fourth-order valence-corrected chi connectivity index (χ4v) is 3.59. The number of fused-ring (bicyclic) bond motifs is 1. The highest BCUT2D eigenvalue weighted by molar-refractivity contribution is 6.37. The number of benzene rings is 1. The Morgan fingerprint density at radius 1 is 1.16 bits per heavy atom. The van der Waals surface area contributed by atoms with Crippen molar-refractivity contribution in [1.82, 2.24) is 34.3 Å². The molecule has 0 amide bonds. The van der Waals surface area contributed by atoms with E-state index in [1.165, 1.54) is 18.5 Å². The zero-order valence-corrected chi connectivity index (χ0v) is 16.9. The molecule has 1 aliphatic rings. The van der Waals surface area contributed by atoms with E-state index in [1.807, 2.05) is 9.55 Å². The van der Waals surface area contributed by atoms with E-state index < -0.39 is 16.9 Å². The Bertz CT molecular complexity index is 1490. The number of aromatic amines is 1. The maximum absolute atomic E-state index is 12.1. The third-order valence-corrected chi connectivity index (χ3v) is 5.19. The van der Waals surface area contributed by atoms with Crippen molar-refractivity contribution in [2.75, 3.05) is 0 Å². The Morgan fingerprint density at radius 2 is 1.90 bits per heavy atom. The molecule has 1 saturated carbocycles. The fourth-order valence-electron chi connectivity index (χ4n) is 3.04. The van der Waals surface area contributed by atoms with Gasteiger partial charge >= 0.3 is 5.69 Å². The largest absolute Gasteiger partial charge is 0.434 e. The number of nitrogens with one attached hydrogen (secondary N) is 1. The van der Waals surface area contributed by atoms with Crippen molar-refractivity contribution < 1.29 is 4.74 Å². The van der Waals surface area contributed by atoms with Gasteiger partial charge in [-0.05, 0) is 25.0 Å². The number of rotatable bonds is 4. The molecule has 1 N–H and O–H groups in total. The lowest BCUT2D eigenvalue weighted by Gasteiger charge is -2.11. The summed E-state index contributed by atoms with van der Waals surface area (Å²) in [7, 11) is 0. The van der Waals surface area contributed by atoms with Gasteiger partial charge < -0.3 is 9.30 Å². The number of ether oxygens (including phenoxy) is 1. The van der Waals surface area contributed by atoms with E-state index in [0.717, 1.165) is 17.5 Å². The lowest BCUT2D eigenvalue weighted by atomic mass is 10.3. The van der Waals surface area contributed by atoms with E-state index in [0.29, 0.717) is 17.2 Å². The summed E-state index contributed by atoms with van der Waals surface area (Å²) in [5, 5.41) is 12.8. The third kappa shape index (κ3) is 3.31. The quantitative estimate of drug-likeness (QED) is 0.492. The molecule has 1 aromatic carbocycles. The molecule has 0 atom stereocenters. The van der Waals surface area contributed by atoms with Crippen molar-refractivity contribution >= 4 is 34.4 Å². The first-order chi connectivity index (χ1) is 15.0. The third-order valence-electron chi connectivity index (χ3n) is 4.63. The van der Waals surface area contributed by atoms with Crippen LogP contribution in [0.15, 0.2) is 34.4 Å². The van der Waals surface area contributed by atoms with Gasteiger partial charge in [-0.1, -0.05) is 23.2 Å². The summed E-state index contributed by atoms with van der Waals surface area (Å²) in [4.78, 5) is 38.4. The van der Waals surface area contributed by atoms with Crippen LogP contribution in [-0.2, 0) is 0 Å². The van der Waals surface area contributed by atoms with Gasteiger partial charge in [-0.25, -0.2) is 14.8 Å². The van der Waals surface area contributed by atoms with E-state index >= 15 is 0 Å². The SMILES string of the molecule is N#Cc1nn(-c2cc(Cl)c(Oc3ncnc4c3ncn4C3CC3)c(Cl)c2)c(=O)[nH]c1=O. The van der Waals surface area contributed by atoms with E-state index in [1.54, 1.807) is 12.4 Å². The molecule has 1 aliphatic carbocycles. The van der Waals surface area contributed by atoms with E-state index in [9.17, 15) is 9.59 Å². The molecule has 0 spiro atoms. The Kier molecular flexibility index (Phi) is 4.46. The first kappa shape index (κ1) is 19.2. The second-order valence-electron chi connectivity index (χ2n) is 6.71. The minimum atomic E-state index is -0.890. The zero-order chi connectivity index (χ0) is 21.7. The normalized spacial score (nSPS) is 13.3. The monoisotopic (exact) mass is 456 g/mol. The minimum Gasteiger partial charge on any atom is -0.434 e. The van der Waals surface area contributed by atoms with Crippen LogP contribution in [0.5, 0.6) is 11.6 Å². The van der Waals surface area contributed by atoms with Crippen molar-refractivity contribution in [1.29, 1.82) is 5.26 Å². The maximum Gasteiger partial charge on any atom is 0.349 e. The number of halogens is 2. The van der Waals surface area contributed by atoms with Gasteiger partial charge in [0.15, 0.2) is 16.9 Å². The molecule has 5 rings (SSSR count). The van der Waals surface area contributed by atoms with Crippen molar-refractivity contribution in [3.63, 3.8) is 0 Å². The summed E-state index contributed by atoms with van der Waals surface area (Å²) in [5.74, 6) is 0.262. The average Bonchev–Trinajstić information content (AvgIpc) is 3.49. The van der Waals surface area contributed by atoms with Crippen LogP contribution in [0.25, 0.3) is 16.9 Å². The first-order valence-corrected chi connectivity index (χ1v) is 9.70. The maximum atomic E-state index is 12.1. The molecule has 0 radical (unpaired) electrons. The van der Waals surface area contributed by atoms with Crippen molar-refractivity contribution in [2.24, 2.45) is 0 Å². The molecule has 0 bridgehead atoms. The van der Waals surface area contributed by atoms with Gasteiger partial charge in [0.25, 0.3) is 11.4 Å². The lowest BCUT2D eigenvalue weighted by molar-refractivity contribution is 0.467. The predicted molar refractivity (Wildman–Crippen MR) is 109 cm³/mol. The van der Waals surface area contributed by atoms with Crippen molar-refractivity contribution in [3.8, 4) is 23.4 Å². The summed E-state index contributed by atoms with van der Waals surface area (Å²) < 4.78 is 8.62. The molecule has 31 heavy (non-hydrogen) atoms. The highest BCUT2D eigenvalue weighted by Crippen LogP contribution is 2.40. The molecule has 154 valence electrons. The Hall–Kier alpha value is -3.75. The van der Waals surface area contributed by atoms with Crippen LogP contribution >= 0.6 is 23.2 Å². The molecule has 4 aromatic rings. The molecule has 3 aromatic heterocycles. The van der Waals surface area contributed by atoms with Crippen LogP contribution in [0.2, 0.25) is 10.0 Å². The average molecular weight is 457 g/mol. The van der Waals surface area contributed by atoms with Crippen LogP contribution in [0.1, 0.15) is 24.6 Å². The Morgan fingerprint density at radius 3 is 2.58 bits per heavy atom. The van der Waals surface area contributed by atoms with Crippen LogP contribution in [0.3, 0.4) is 0 Å². The van der Waals surface area contributed by atoms with Crippen molar-refractivity contribution in [3.05, 3.63) is 61.4 Å².